The fourth-order valence-electron chi connectivity index (χ4n) is 2.40. The summed E-state index contributed by atoms with van der Waals surface area (Å²) in [6.07, 6.45) is 2.62. The van der Waals surface area contributed by atoms with Crippen molar-refractivity contribution in [3.05, 3.63) is 0 Å². The molecule has 0 spiro atoms. The molecule has 7 heteroatoms. The minimum atomic E-state index is -3.27. The van der Waals surface area contributed by atoms with Crippen molar-refractivity contribution in [3.8, 4) is 0 Å². The van der Waals surface area contributed by atoms with E-state index < -0.39 is 10.0 Å². The topological polar surface area (TPSA) is 64.6 Å². The summed E-state index contributed by atoms with van der Waals surface area (Å²) in [6.45, 7) is 2.30. The molecule has 0 bridgehead atoms. The number of alkyl halides is 1. The van der Waals surface area contributed by atoms with Gasteiger partial charge in [0.15, 0.2) is 0 Å². The van der Waals surface area contributed by atoms with Gasteiger partial charge in [0.1, 0.15) is 0 Å². The number of hydrogen-bond donors (Lipinski definition) is 1. The van der Waals surface area contributed by atoms with Crippen LogP contribution in [0.1, 0.15) is 25.7 Å². The maximum Gasteiger partial charge on any atom is 0.215 e. The fourth-order valence-corrected chi connectivity index (χ4v) is 5.14. The van der Waals surface area contributed by atoms with Gasteiger partial charge in [-0.15, -0.1) is 0 Å². The monoisotopic (exact) mass is 341 g/mol. The summed E-state index contributed by atoms with van der Waals surface area (Å²) in [5, 5.41) is 0.316. The van der Waals surface area contributed by atoms with Gasteiger partial charge in [-0.05, 0) is 25.7 Å². The van der Waals surface area contributed by atoms with Gasteiger partial charge in [-0.25, -0.2) is 13.1 Å². The summed E-state index contributed by atoms with van der Waals surface area (Å²) < 4.78 is 38.2. The van der Waals surface area contributed by atoms with Crippen LogP contribution in [0.5, 0.6) is 0 Å². The van der Waals surface area contributed by atoms with Gasteiger partial charge in [0.2, 0.25) is 10.0 Å². The molecular formula is C11H20BrNO4S. The van der Waals surface area contributed by atoms with Crippen LogP contribution in [-0.4, -0.2) is 51.0 Å². The van der Waals surface area contributed by atoms with E-state index in [0.717, 1.165) is 12.8 Å². The second kappa shape index (κ2) is 6.17. The average Bonchev–Trinajstić information content (AvgIpc) is 2.40. The Morgan fingerprint density at radius 2 is 1.67 bits per heavy atom. The third kappa shape index (κ3) is 3.45. The molecule has 0 aliphatic carbocycles. The van der Waals surface area contributed by atoms with Crippen LogP contribution < -0.4 is 4.72 Å². The van der Waals surface area contributed by atoms with Crippen molar-refractivity contribution < 1.29 is 17.9 Å². The molecule has 106 valence electrons. The summed E-state index contributed by atoms with van der Waals surface area (Å²) in [4.78, 5) is 0. The summed E-state index contributed by atoms with van der Waals surface area (Å²) in [5.74, 6) is 0. The van der Waals surface area contributed by atoms with Gasteiger partial charge in [-0.3, -0.25) is 0 Å². The van der Waals surface area contributed by atoms with E-state index in [1.807, 2.05) is 0 Å². The van der Waals surface area contributed by atoms with E-state index in [9.17, 15) is 8.42 Å². The Morgan fingerprint density at radius 1 is 1.11 bits per heavy atom. The highest BCUT2D eigenvalue weighted by atomic mass is 79.9. The molecule has 2 saturated heterocycles. The van der Waals surface area contributed by atoms with Crippen molar-refractivity contribution in [2.45, 2.75) is 36.5 Å². The Hall–Kier alpha value is 0.310. The van der Waals surface area contributed by atoms with Crippen LogP contribution in [0, 0.1) is 0 Å². The third-order valence-corrected chi connectivity index (χ3v) is 6.81. The molecule has 2 heterocycles. The van der Waals surface area contributed by atoms with Crippen molar-refractivity contribution in [1.82, 2.24) is 4.72 Å². The summed E-state index contributed by atoms with van der Waals surface area (Å²) in [6, 6.07) is 0. The van der Waals surface area contributed by atoms with Crippen molar-refractivity contribution in [2.24, 2.45) is 0 Å². The van der Waals surface area contributed by atoms with E-state index in [2.05, 4.69) is 20.7 Å². The van der Waals surface area contributed by atoms with E-state index >= 15 is 0 Å². The van der Waals surface area contributed by atoms with E-state index in [0.29, 0.717) is 44.6 Å². The average molecular weight is 342 g/mol. The SMILES string of the molecule is O=S(=O)(NC1(CBr)CCOCC1)C1CCOCC1. The van der Waals surface area contributed by atoms with Gasteiger partial charge < -0.3 is 9.47 Å². The molecule has 0 saturated carbocycles. The quantitative estimate of drug-likeness (QED) is 0.775. The fraction of sp³-hybridized carbons (Fsp3) is 1.00. The number of halogens is 1. The van der Waals surface area contributed by atoms with Gasteiger partial charge in [0.25, 0.3) is 0 Å². The van der Waals surface area contributed by atoms with Crippen molar-refractivity contribution in [3.63, 3.8) is 0 Å². The van der Waals surface area contributed by atoms with Crippen LogP contribution >= 0.6 is 15.9 Å². The number of rotatable bonds is 4. The van der Waals surface area contributed by atoms with Gasteiger partial charge in [0, 0.05) is 37.3 Å². The Kier molecular flexibility index (Phi) is 5.05. The lowest BCUT2D eigenvalue weighted by Gasteiger charge is -2.37. The number of ether oxygens (including phenoxy) is 2. The van der Waals surface area contributed by atoms with Crippen molar-refractivity contribution in [2.75, 3.05) is 31.8 Å². The smallest absolute Gasteiger partial charge is 0.215 e. The molecule has 0 unspecified atom stereocenters. The Balaban J connectivity index is 2.05. The van der Waals surface area contributed by atoms with Crippen LogP contribution in [-0.2, 0) is 19.5 Å². The summed E-state index contributed by atoms with van der Waals surface area (Å²) in [7, 11) is -3.27. The maximum absolute atomic E-state index is 12.4. The van der Waals surface area contributed by atoms with Crippen LogP contribution in [0.15, 0.2) is 0 Å². The molecule has 2 fully saturated rings. The molecule has 0 atom stereocenters. The van der Waals surface area contributed by atoms with Crippen LogP contribution in [0.25, 0.3) is 0 Å². The van der Waals surface area contributed by atoms with Crippen LogP contribution in [0.4, 0.5) is 0 Å². The molecule has 2 rings (SSSR count). The van der Waals surface area contributed by atoms with E-state index in [-0.39, 0.29) is 10.8 Å². The zero-order chi connectivity index (χ0) is 13.1. The van der Waals surface area contributed by atoms with E-state index in [1.54, 1.807) is 0 Å². The maximum atomic E-state index is 12.4. The van der Waals surface area contributed by atoms with Gasteiger partial charge in [-0.1, -0.05) is 15.9 Å². The standard InChI is InChI=1S/C11H20BrNO4S/c12-9-11(3-7-17-8-4-11)13-18(14,15)10-1-5-16-6-2-10/h10,13H,1-9H2. The van der Waals surface area contributed by atoms with Gasteiger partial charge in [0.05, 0.1) is 5.25 Å². The second-order valence-corrected chi connectivity index (χ2v) is 7.51. The third-order valence-electron chi connectivity index (χ3n) is 3.67. The first-order valence-electron chi connectivity index (χ1n) is 6.32. The van der Waals surface area contributed by atoms with Gasteiger partial charge >= 0.3 is 0 Å². The normalized spacial score (nSPS) is 26.1. The highest BCUT2D eigenvalue weighted by molar-refractivity contribution is 9.09. The van der Waals surface area contributed by atoms with Crippen LogP contribution in [0.3, 0.4) is 0 Å². The van der Waals surface area contributed by atoms with Crippen LogP contribution in [0.2, 0.25) is 0 Å². The molecular weight excluding hydrogens is 322 g/mol. The van der Waals surface area contributed by atoms with E-state index in [4.69, 9.17) is 9.47 Å². The Morgan fingerprint density at radius 3 is 2.22 bits per heavy atom. The molecule has 0 aromatic carbocycles. The molecule has 0 aromatic rings. The molecule has 0 amide bonds. The lowest BCUT2D eigenvalue weighted by Crippen LogP contribution is -2.55. The Labute approximate surface area is 117 Å². The highest BCUT2D eigenvalue weighted by Crippen LogP contribution is 2.26. The molecule has 18 heavy (non-hydrogen) atoms. The first-order chi connectivity index (χ1) is 8.58. The number of sulfonamides is 1. The minimum absolute atomic E-state index is 0.315. The summed E-state index contributed by atoms with van der Waals surface area (Å²) in [5.41, 5.74) is -0.380. The summed E-state index contributed by atoms with van der Waals surface area (Å²) >= 11 is 3.44. The zero-order valence-corrected chi connectivity index (χ0v) is 12.8. The molecule has 2 aliphatic heterocycles. The van der Waals surface area contributed by atoms with E-state index in [1.165, 1.54) is 0 Å². The molecule has 2 aliphatic rings. The highest BCUT2D eigenvalue weighted by Gasteiger charge is 2.38. The zero-order valence-electron chi connectivity index (χ0n) is 10.4. The number of nitrogens with one attached hydrogen (secondary N) is 1. The molecule has 0 radical (unpaired) electrons. The molecule has 1 N–H and O–H groups in total. The predicted molar refractivity (Wildman–Crippen MR) is 72.5 cm³/mol. The largest absolute Gasteiger partial charge is 0.381 e. The molecule has 5 nitrogen and oxygen atoms in total. The number of hydrogen-bond acceptors (Lipinski definition) is 4. The lowest BCUT2D eigenvalue weighted by atomic mass is 9.94. The second-order valence-electron chi connectivity index (χ2n) is 4.99. The first-order valence-corrected chi connectivity index (χ1v) is 8.99. The van der Waals surface area contributed by atoms with Crippen molar-refractivity contribution >= 4 is 26.0 Å². The van der Waals surface area contributed by atoms with Crippen molar-refractivity contribution in [1.29, 1.82) is 0 Å². The first kappa shape index (κ1) is 14.7. The Bertz CT molecular complexity index is 361. The lowest BCUT2D eigenvalue weighted by molar-refractivity contribution is 0.0551. The minimum Gasteiger partial charge on any atom is -0.381 e. The van der Waals surface area contributed by atoms with Gasteiger partial charge in [-0.2, -0.15) is 0 Å². The molecule has 0 aromatic heterocycles. The predicted octanol–water partition coefficient (Wildman–Crippen LogP) is 1.03.